The Bertz CT molecular complexity index is 738. The van der Waals surface area contributed by atoms with E-state index in [0.717, 1.165) is 28.0 Å². The van der Waals surface area contributed by atoms with E-state index in [2.05, 4.69) is 4.98 Å². The lowest BCUT2D eigenvalue weighted by molar-refractivity contribution is 0.484. The zero-order chi connectivity index (χ0) is 13.2. The van der Waals surface area contributed by atoms with Crippen molar-refractivity contribution in [3.63, 3.8) is 0 Å². The van der Waals surface area contributed by atoms with E-state index in [1.807, 2.05) is 55.5 Å². The van der Waals surface area contributed by atoms with Crippen LogP contribution in [0.5, 0.6) is 11.5 Å². The molecule has 19 heavy (non-hydrogen) atoms. The normalized spacial score (nSPS) is 10.6. The largest absolute Gasteiger partial charge is 0.456 e. The maximum absolute atomic E-state index is 5.98. The first-order valence-corrected chi connectivity index (χ1v) is 6.12. The zero-order valence-corrected chi connectivity index (χ0v) is 10.6. The van der Waals surface area contributed by atoms with Gasteiger partial charge in [-0.2, -0.15) is 0 Å². The molecule has 0 unspecified atom stereocenters. The van der Waals surface area contributed by atoms with Crippen LogP contribution in [0.1, 0.15) is 5.56 Å². The monoisotopic (exact) mass is 250 g/mol. The highest BCUT2D eigenvalue weighted by molar-refractivity contribution is 5.87. The number of nitrogens with two attached hydrogens (primary N) is 1. The Kier molecular flexibility index (Phi) is 2.80. The SMILES string of the molecule is Cc1ccccc1Oc1ccnc2cc(N)ccc12. The lowest BCUT2D eigenvalue weighted by Gasteiger charge is -2.10. The van der Waals surface area contributed by atoms with E-state index in [4.69, 9.17) is 10.5 Å². The van der Waals surface area contributed by atoms with E-state index in [1.165, 1.54) is 0 Å². The second-order valence-electron chi connectivity index (χ2n) is 4.45. The van der Waals surface area contributed by atoms with Crippen molar-refractivity contribution in [2.75, 3.05) is 5.73 Å². The molecule has 2 aromatic carbocycles. The molecule has 1 aromatic heterocycles. The molecule has 0 amide bonds. The fourth-order valence-corrected chi connectivity index (χ4v) is 2.02. The van der Waals surface area contributed by atoms with Gasteiger partial charge in [0, 0.05) is 17.3 Å². The first kappa shape index (κ1) is 11.5. The standard InChI is InChI=1S/C16H14N2O/c1-11-4-2-3-5-15(11)19-16-8-9-18-14-10-12(17)6-7-13(14)16/h2-10H,17H2,1H3. The molecule has 0 aliphatic rings. The number of fused-ring (bicyclic) bond motifs is 1. The second-order valence-corrected chi connectivity index (χ2v) is 4.45. The molecule has 3 rings (SSSR count). The summed E-state index contributed by atoms with van der Waals surface area (Å²) in [5, 5.41) is 0.958. The minimum absolute atomic E-state index is 0.702. The Balaban J connectivity index is 2.09. The molecule has 2 N–H and O–H groups in total. The minimum atomic E-state index is 0.702. The van der Waals surface area contributed by atoms with Gasteiger partial charge in [0.2, 0.25) is 0 Å². The van der Waals surface area contributed by atoms with Gasteiger partial charge in [0.15, 0.2) is 0 Å². The predicted octanol–water partition coefficient (Wildman–Crippen LogP) is 3.92. The molecular weight excluding hydrogens is 236 g/mol. The average molecular weight is 250 g/mol. The van der Waals surface area contributed by atoms with E-state index in [0.29, 0.717) is 5.69 Å². The van der Waals surface area contributed by atoms with Crippen molar-refractivity contribution in [1.82, 2.24) is 4.98 Å². The van der Waals surface area contributed by atoms with Crippen molar-refractivity contribution >= 4 is 16.6 Å². The molecule has 0 saturated heterocycles. The van der Waals surface area contributed by atoms with Crippen LogP contribution in [0.2, 0.25) is 0 Å². The van der Waals surface area contributed by atoms with Gasteiger partial charge in [0.05, 0.1) is 5.52 Å². The van der Waals surface area contributed by atoms with Crippen LogP contribution in [0.3, 0.4) is 0 Å². The third-order valence-electron chi connectivity index (χ3n) is 3.04. The van der Waals surface area contributed by atoms with Gasteiger partial charge < -0.3 is 10.5 Å². The number of hydrogen-bond acceptors (Lipinski definition) is 3. The maximum Gasteiger partial charge on any atom is 0.138 e. The van der Waals surface area contributed by atoms with E-state index in [-0.39, 0.29) is 0 Å². The van der Waals surface area contributed by atoms with Crippen molar-refractivity contribution in [2.45, 2.75) is 6.92 Å². The Labute approximate surface area is 111 Å². The lowest BCUT2D eigenvalue weighted by Crippen LogP contribution is -1.91. The molecule has 0 fully saturated rings. The smallest absolute Gasteiger partial charge is 0.138 e. The summed E-state index contributed by atoms with van der Waals surface area (Å²) in [5.41, 5.74) is 8.41. The summed E-state index contributed by atoms with van der Waals surface area (Å²) in [4.78, 5) is 4.31. The number of ether oxygens (including phenoxy) is 1. The molecule has 0 radical (unpaired) electrons. The fourth-order valence-electron chi connectivity index (χ4n) is 2.02. The number of nitrogen functional groups attached to an aromatic ring is 1. The number of nitrogens with zero attached hydrogens (tertiary/aromatic N) is 1. The molecule has 1 heterocycles. The number of anilines is 1. The van der Waals surface area contributed by atoms with Crippen molar-refractivity contribution < 1.29 is 4.74 Å². The Morgan fingerprint density at radius 3 is 2.68 bits per heavy atom. The fraction of sp³-hybridized carbons (Fsp3) is 0.0625. The van der Waals surface area contributed by atoms with Crippen molar-refractivity contribution in [3.8, 4) is 11.5 Å². The van der Waals surface area contributed by atoms with Crippen LogP contribution in [0.15, 0.2) is 54.7 Å². The van der Waals surface area contributed by atoms with E-state index >= 15 is 0 Å². The first-order valence-electron chi connectivity index (χ1n) is 6.12. The number of aryl methyl sites for hydroxylation is 1. The van der Waals surface area contributed by atoms with Gasteiger partial charge in [-0.25, -0.2) is 0 Å². The van der Waals surface area contributed by atoms with Gasteiger partial charge in [-0.05, 0) is 42.8 Å². The maximum atomic E-state index is 5.98. The number of hydrogen-bond donors (Lipinski definition) is 1. The highest BCUT2D eigenvalue weighted by Gasteiger charge is 2.06. The van der Waals surface area contributed by atoms with Crippen LogP contribution < -0.4 is 10.5 Å². The van der Waals surface area contributed by atoms with Crippen LogP contribution in [0.25, 0.3) is 10.9 Å². The Morgan fingerprint density at radius 1 is 1.00 bits per heavy atom. The van der Waals surface area contributed by atoms with Crippen molar-refractivity contribution in [3.05, 3.63) is 60.3 Å². The molecule has 3 aromatic rings. The molecule has 0 spiro atoms. The summed E-state index contributed by atoms with van der Waals surface area (Å²) in [6.45, 7) is 2.02. The lowest BCUT2D eigenvalue weighted by atomic mass is 10.2. The van der Waals surface area contributed by atoms with Gasteiger partial charge in [-0.3, -0.25) is 4.98 Å². The summed E-state index contributed by atoms with van der Waals surface area (Å²) < 4.78 is 5.98. The number of aromatic nitrogens is 1. The molecule has 0 atom stereocenters. The van der Waals surface area contributed by atoms with Crippen LogP contribution in [-0.2, 0) is 0 Å². The van der Waals surface area contributed by atoms with Gasteiger partial charge in [0.1, 0.15) is 11.5 Å². The molecule has 0 saturated carbocycles. The van der Waals surface area contributed by atoms with Crippen molar-refractivity contribution in [2.24, 2.45) is 0 Å². The van der Waals surface area contributed by atoms with Gasteiger partial charge in [0.25, 0.3) is 0 Å². The first-order chi connectivity index (χ1) is 9.24. The van der Waals surface area contributed by atoms with E-state index in [1.54, 1.807) is 6.20 Å². The zero-order valence-electron chi connectivity index (χ0n) is 10.6. The second kappa shape index (κ2) is 4.61. The number of para-hydroxylation sites is 1. The predicted molar refractivity (Wildman–Crippen MR) is 77.4 cm³/mol. The van der Waals surface area contributed by atoms with Crippen LogP contribution in [0.4, 0.5) is 5.69 Å². The third kappa shape index (κ3) is 2.22. The number of pyridine rings is 1. The molecule has 0 aliphatic heterocycles. The summed E-state index contributed by atoms with van der Waals surface area (Å²) in [5.74, 6) is 1.64. The molecule has 3 heteroatoms. The summed E-state index contributed by atoms with van der Waals surface area (Å²) >= 11 is 0. The van der Waals surface area contributed by atoms with Crippen LogP contribution in [-0.4, -0.2) is 4.98 Å². The molecular formula is C16H14N2O. The van der Waals surface area contributed by atoms with E-state index in [9.17, 15) is 0 Å². The van der Waals surface area contributed by atoms with E-state index < -0.39 is 0 Å². The van der Waals surface area contributed by atoms with Gasteiger partial charge >= 0.3 is 0 Å². The summed E-state index contributed by atoms with van der Waals surface area (Å²) in [6, 6.07) is 15.4. The third-order valence-corrected chi connectivity index (χ3v) is 3.04. The Morgan fingerprint density at radius 2 is 1.84 bits per heavy atom. The quantitative estimate of drug-likeness (QED) is 0.701. The van der Waals surface area contributed by atoms with Gasteiger partial charge in [-0.15, -0.1) is 0 Å². The topological polar surface area (TPSA) is 48.1 Å². The molecule has 94 valence electrons. The molecule has 0 bridgehead atoms. The number of benzene rings is 2. The summed E-state index contributed by atoms with van der Waals surface area (Å²) in [6.07, 6.45) is 1.73. The average Bonchev–Trinajstić information content (AvgIpc) is 2.41. The van der Waals surface area contributed by atoms with Gasteiger partial charge in [-0.1, -0.05) is 18.2 Å². The highest BCUT2D eigenvalue weighted by atomic mass is 16.5. The van der Waals surface area contributed by atoms with Crippen molar-refractivity contribution in [1.29, 1.82) is 0 Å². The molecule has 0 aliphatic carbocycles. The molecule has 3 nitrogen and oxygen atoms in total. The van der Waals surface area contributed by atoms with Crippen LogP contribution in [0, 0.1) is 6.92 Å². The van der Waals surface area contributed by atoms with Crippen LogP contribution >= 0.6 is 0 Å². The minimum Gasteiger partial charge on any atom is -0.456 e. The number of rotatable bonds is 2. The highest BCUT2D eigenvalue weighted by Crippen LogP contribution is 2.30. The Hall–Kier alpha value is -2.55. The summed E-state index contributed by atoms with van der Waals surface area (Å²) in [7, 11) is 0.